The van der Waals surface area contributed by atoms with Crippen LogP contribution in [0, 0.1) is 5.41 Å². The molecule has 1 heterocycles. The number of nitrogens with zero attached hydrogens (tertiary/aromatic N) is 1. The van der Waals surface area contributed by atoms with Gasteiger partial charge in [0.1, 0.15) is 0 Å². The molecule has 5 nitrogen and oxygen atoms in total. The zero-order valence-electron chi connectivity index (χ0n) is 12.1. The Labute approximate surface area is 128 Å². The van der Waals surface area contributed by atoms with Gasteiger partial charge in [0.05, 0.1) is 16.3 Å². The number of likely N-dealkylation sites (tertiary alicyclic amines) is 1. The number of nitrogens with one attached hydrogen (secondary N) is 1. The van der Waals surface area contributed by atoms with E-state index in [-0.39, 0.29) is 22.0 Å². The van der Waals surface area contributed by atoms with Crippen LogP contribution in [0.5, 0.6) is 0 Å². The van der Waals surface area contributed by atoms with Crippen molar-refractivity contribution < 1.29 is 14.7 Å². The van der Waals surface area contributed by atoms with E-state index in [9.17, 15) is 9.59 Å². The molecular weight excluding hydrogens is 292 g/mol. The number of carboxylic acid groups (broad SMARTS) is 1. The highest BCUT2D eigenvalue weighted by molar-refractivity contribution is 6.34. The first-order valence-corrected chi connectivity index (χ1v) is 7.25. The molecule has 0 unspecified atom stereocenters. The molecule has 1 fully saturated rings. The van der Waals surface area contributed by atoms with E-state index in [2.05, 4.69) is 19.2 Å². The fourth-order valence-electron chi connectivity index (χ4n) is 2.26. The van der Waals surface area contributed by atoms with E-state index in [1.54, 1.807) is 4.90 Å². The first-order chi connectivity index (χ1) is 9.78. The van der Waals surface area contributed by atoms with Crippen LogP contribution in [0.1, 0.15) is 37.0 Å². The number of carbonyl (C=O) groups is 2. The molecule has 2 amide bonds. The molecular formula is C15H19ClN2O3. The van der Waals surface area contributed by atoms with E-state index < -0.39 is 5.97 Å². The van der Waals surface area contributed by atoms with Crippen LogP contribution in [0.3, 0.4) is 0 Å². The van der Waals surface area contributed by atoms with Gasteiger partial charge in [0.15, 0.2) is 0 Å². The number of benzene rings is 1. The number of aromatic carboxylic acids is 1. The van der Waals surface area contributed by atoms with E-state index in [0.29, 0.717) is 18.8 Å². The number of carboxylic acids is 1. The Kier molecular flexibility index (Phi) is 4.42. The molecule has 1 saturated heterocycles. The van der Waals surface area contributed by atoms with Crippen molar-refractivity contribution >= 4 is 29.3 Å². The number of piperidine rings is 1. The Morgan fingerprint density at radius 2 is 1.90 bits per heavy atom. The Morgan fingerprint density at radius 3 is 2.43 bits per heavy atom. The number of rotatable bonds is 2. The lowest BCUT2D eigenvalue weighted by Gasteiger charge is -2.36. The third-order valence-corrected chi connectivity index (χ3v) is 4.17. The maximum atomic E-state index is 12.2. The van der Waals surface area contributed by atoms with Gasteiger partial charge in [-0.2, -0.15) is 0 Å². The van der Waals surface area contributed by atoms with Gasteiger partial charge in [0.2, 0.25) is 0 Å². The number of halogens is 1. The Hall–Kier alpha value is -1.75. The molecule has 0 aromatic heterocycles. The van der Waals surface area contributed by atoms with E-state index in [4.69, 9.17) is 16.7 Å². The van der Waals surface area contributed by atoms with Crippen LogP contribution in [-0.4, -0.2) is 35.1 Å². The maximum absolute atomic E-state index is 12.2. The first-order valence-electron chi connectivity index (χ1n) is 6.87. The highest BCUT2D eigenvalue weighted by atomic mass is 35.5. The molecule has 1 aliphatic heterocycles. The number of hydrogen-bond acceptors (Lipinski definition) is 2. The summed E-state index contributed by atoms with van der Waals surface area (Å²) in [6.45, 7) is 5.82. The molecule has 1 aromatic rings. The second kappa shape index (κ2) is 5.93. The van der Waals surface area contributed by atoms with Crippen LogP contribution in [0.4, 0.5) is 10.5 Å². The molecule has 114 valence electrons. The topological polar surface area (TPSA) is 69.6 Å². The van der Waals surface area contributed by atoms with Crippen molar-refractivity contribution in [3.8, 4) is 0 Å². The van der Waals surface area contributed by atoms with Crippen molar-refractivity contribution in [1.29, 1.82) is 0 Å². The van der Waals surface area contributed by atoms with Crippen molar-refractivity contribution in [3.63, 3.8) is 0 Å². The quantitative estimate of drug-likeness (QED) is 0.875. The van der Waals surface area contributed by atoms with E-state index in [1.165, 1.54) is 18.2 Å². The second-order valence-corrected chi connectivity index (χ2v) is 6.49. The molecule has 0 atom stereocenters. The normalized spacial score (nSPS) is 17.4. The van der Waals surface area contributed by atoms with Crippen molar-refractivity contribution in [3.05, 3.63) is 28.8 Å². The minimum atomic E-state index is -1.05. The third kappa shape index (κ3) is 3.88. The summed E-state index contributed by atoms with van der Waals surface area (Å²) < 4.78 is 0. The molecule has 2 rings (SSSR count). The number of anilines is 1. The zero-order valence-corrected chi connectivity index (χ0v) is 12.9. The molecule has 0 spiro atoms. The summed E-state index contributed by atoms with van der Waals surface area (Å²) in [5, 5.41) is 11.8. The molecule has 2 N–H and O–H groups in total. The predicted molar refractivity (Wildman–Crippen MR) is 82.0 cm³/mol. The summed E-state index contributed by atoms with van der Waals surface area (Å²) in [5.41, 5.74) is 0.798. The van der Waals surface area contributed by atoms with Gasteiger partial charge in [-0.1, -0.05) is 25.4 Å². The lowest BCUT2D eigenvalue weighted by atomic mass is 9.83. The summed E-state index contributed by atoms with van der Waals surface area (Å²) >= 11 is 6.01. The summed E-state index contributed by atoms with van der Waals surface area (Å²) in [5.74, 6) is -1.05. The summed E-state index contributed by atoms with van der Waals surface area (Å²) in [4.78, 5) is 24.8. The Morgan fingerprint density at radius 1 is 1.29 bits per heavy atom. The minimum Gasteiger partial charge on any atom is -0.478 e. The Bertz CT molecular complexity index is 562. The van der Waals surface area contributed by atoms with Crippen LogP contribution >= 0.6 is 11.6 Å². The van der Waals surface area contributed by atoms with Crippen molar-refractivity contribution in [2.45, 2.75) is 26.7 Å². The number of amides is 2. The number of hydrogen-bond donors (Lipinski definition) is 2. The average molecular weight is 311 g/mol. The second-order valence-electron chi connectivity index (χ2n) is 6.08. The number of carbonyl (C=O) groups excluding carboxylic acids is 1. The molecule has 1 aliphatic rings. The van der Waals surface area contributed by atoms with Crippen LogP contribution in [0.15, 0.2) is 18.2 Å². The molecule has 0 radical (unpaired) electrons. The maximum Gasteiger partial charge on any atom is 0.335 e. The monoisotopic (exact) mass is 310 g/mol. The van der Waals surface area contributed by atoms with Crippen LogP contribution in [0.25, 0.3) is 0 Å². The van der Waals surface area contributed by atoms with Crippen molar-refractivity contribution in [2.24, 2.45) is 5.41 Å². The molecule has 6 heteroatoms. The van der Waals surface area contributed by atoms with E-state index >= 15 is 0 Å². The van der Waals surface area contributed by atoms with Crippen LogP contribution in [-0.2, 0) is 0 Å². The average Bonchev–Trinajstić information content (AvgIpc) is 2.40. The van der Waals surface area contributed by atoms with Gasteiger partial charge >= 0.3 is 12.0 Å². The van der Waals surface area contributed by atoms with Gasteiger partial charge < -0.3 is 15.3 Å². The van der Waals surface area contributed by atoms with Crippen LogP contribution in [0.2, 0.25) is 5.02 Å². The van der Waals surface area contributed by atoms with Gasteiger partial charge in [0, 0.05) is 13.1 Å². The van der Waals surface area contributed by atoms with Gasteiger partial charge in [-0.15, -0.1) is 0 Å². The fourth-order valence-corrected chi connectivity index (χ4v) is 2.49. The lowest BCUT2D eigenvalue weighted by Crippen LogP contribution is -2.43. The van der Waals surface area contributed by atoms with Gasteiger partial charge in [-0.3, -0.25) is 0 Å². The van der Waals surface area contributed by atoms with Gasteiger partial charge in [-0.25, -0.2) is 9.59 Å². The first kappa shape index (κ1) is 15.6. The summed E-state index contributed by atoms with van der Waals surface area (Å²) in [6, 6.07) is 4.06. The third-order valence-electron chi connectivity index (χ3n) is 3.86. The van der Waals surface area contributed by atoms with Gasteiger partial charge in [-0.05, 0) is 36.5 Å². The smallest absolute Gasteiger partial charge is 0.335 e. The number of urea groups is 1. The predicted octanol–water partition coefficient (Wildman–Crippen LogP) is 3.69. The van der Waals surface area contributed by atoms with Gasteiger partial charge in [0.25, 0.3) is 0 Å². The SMILES string of the molecule is CC1(C)CCN(C(=O)Nc2ccc(C(=O)O)cc2Cl)CC1. The van der Waals surface area contributed by atoms with E-state index in [0.717, 1.165) is 12.8 Å². The molecule has 0 aliphatic carbocycles. The van der Waals surface area contributed by atoms with Crippen LogP contribution < -0.4 is 5.32 Å². The Balaban J connectivity index is 2.02. The molecule has 1 aromatic carbocycles. The summed E-state index contributed by atoms with van der Waals surface area (Å²) in [7, 11) is 0. The zero-order chi connectivity index (χ0) is 15.6. The fraction of sp³-hybridized carbons (Fsp3) is 0.467. The molecule has 0 saturated carbocycles. The standard InChI is InChI=1S/C15H19ClN2O3/c1-15(2)5-7-18(8-6-15)14(21)17-12-4-3-10(13(19)20)9-11(12)16/h3-4,9H,5-8H2,1-2H3,(H,17,21)(H,19,20). The van der Waals surface area contributed by atoms with Crippen molar-refractivity contribution in [2.75, 3.05) is 18.4 Å². The lowest BCUT2D eigenvalue weighted by molar-refractivity contribution is 0.0697. The molecule has 0 bridgehead atoms. The largest absolute Gasteiger partial charge is 0.478 e. The highest BCUT2D eigenvalue weighted by Gasteiger charge is 2.28. The highest BCUT2D eigenvalue weighted by Crippen LogP contribution is 2.30. The van der Waals surface area contributed by atoms with Crippen molar-refractivity contribution in [1.82, 2.24) is 4.90 Å². The van der Waals surface area contributed by atoms with E-state index in [1.807, 2.05) is 0 Å². The molecule has 21 heavy (non-hydrogen) atoms. The summed E-state index contributed by atoms with van der Waals surface area (Å²) in [6.07, 6.45) is 1.93. The minimum absolute atomic E-state index is 0.0951.